The SMILES string of the molecule is CCC(C)(C)n1nnc2c1CC[C@@H]1C(C(C)(C)C)[C@@H]1CC2. The normalized spacial score (nSPS) is 29.3. The van der Waals surface area contributed by atoms with Gasteiger partial charge in [-0.15, -0.1) is 5.10 Å². The van der Waals surface area contributed by atoms with Gasteiger partial charge in [-0.3, -0.25) is 0 Å². The second-order valence-corrected chi connectivity index (χ2v) is 8.86. The second-order valence-electron chi connectivity index (χ2n) is 8.86. The van der Waals surface area contributed by atoms with Crippen LogP contribution < -0.4 is 0 Å². The van der Waals surface area contributed by atoms with Crippen LogP contribution in [0.1, 0.15) is 72.2 Å². The number of rotatable bonds is 2. The molecule has 1 aromatic rings. The Bertz CT molecular complexity index is 521. The molecule has 1 fully saturated rings. The molecule has 0 bridgehead atoms. The maximum Gasteiger partial charge on any atom is 0.0859 e. The quantitative estimate of drug-likeness (QED) is 0.816. The lowest BCUT2D eigenvalue weighted by Gasteiger charge is -2.25. The molecule has 2 aliphatic carbocycles. The molecule has 1 heterocycles. The first kappa shape index (κ1) is 15.1. The summed E-state index contributed by atoms with van der Waals surface area (Å²) < 4.78 is 2.22. The van der Waals surface area contributed by atoms with Gasteiger partial charge in [0.25, 0.3) is 0 Å². The van der Waals surface area contributed by atoms with Gasteiger partial charge in [0.15, 0.2) is 0 Å². The molecule has 3 heteroatoms. The van der Waals surface area contributed by atoms with Crippen LogP contribution in [0.15, 0.2) is 0 Å². The molecule has 1 aromatic heterocycles. The molecule has 1 unspecified atom stereocenters. The topological polar surface area (TPSA) is 30.7 Å². The molecule has 0 saturated heterocycles. The highest BCUT2D eigenvalue weighted by molar-refractivity contribution is 5.17. The Kier molecular flexibility index (Phi) is 3.46. The second kappa shape index (κ2) is 4.82. The van der Waals surface area contributed by atoms with E-state index in [2.05, 4.69) is 56.5 Å². The van der Waals surface area contributed by atoms with E-state index in [0.717, 1.165) is 30.6 Å². The molecule has 0 spiro atoms. The van der Waals surface area contributed by atoms with Crippen LogP contribution >= 0.6 is 0 Å². The Morgan fingerprint density at radius 2 is 1.67 bits per heavy atom. The van der Waals surface area contributed by atoms with E-state index in [-0.39, 0.29) is 5.54 Å². The summed E-state index contributed by atoms with van der Waals surface area (Å²) in [6.45, 7) is 14.0. The molecule has 0 N–H and O–H groups in total. The van der Waals surface area contributed by atoms with E-state index in [1.165, 1.54) is 30.7 Å². The van der Waals surface area contributed by atoms with Crippen LogP contribution in [0.4, 0.5) is 0 Å². The first-order valence-corrected chi connectivity index (χ1v) is 8.69. The summed E-state index contributed by atoms with van der Waals surface area (Å²) in [4.78, 5) is 0. The van der Waals surface area contributed by atoms with Gasteiger partial charge >= 0.3 is 0 Å². The summed E-state index contributed by atoms with van der Waals surface area (Å²) in [5, 5.41) is 9.02. The average Bonchev–Trinajstić information content (AvgIpc) is 2.92. The highest BCUT2D eigenvalue weighted by Gasteiger charge is 2.54. The highest BCUT2D eigenvalue weighted by Crippen LogP contribution is 2.60. The molecule has 3 atom stereocenters. The van der Waals surface area contributed by atoms with Crippen molar-refractivity contribution >= 4 is 0 Å². The monoisotopic (exact) mass is 289 g/mol. The fourth-order valence-electron chi connectivity index (χ4n) is 4.54. The van der Waals surface area contributed by atoms with Crippen molar-refractivity contribution in [2.75, 3.05) is 0 Å². The average molecular weight is 289 g/mol. The van der Waals surface area contributed by atoms with Crippen LogP contribution in [0.5, 0.6) is 0 Å². The summed E-state index contributed by atoms with van der Waals surface area (Å²) in [5.74, 6) is 2.79. The Labute approximate surface area is 129 Å². The summed E-state index contributed by atoms with van der Waals surface area (Å²) in [6.07, 6.45) is 6.03. The molecule has 1 saturated carbocycles. The molecule has 3 nitrogen and oxygen atoms in total. The summed E-state index contributed by atoms with van der Waals surface area (Å²) >= 11 is 0. The first-order chi connectivity index (χ1) is 9.75. The van der Waals surface area contributed by atoms with E-state index in [4.69, 9.17) is 0 Å². The standard InChI is InChI=1S/C18H31N3/c1-7-18(5,6)21-15-11-9-13-12(16(13)17(2,3)4)8-10-14(15)19-20-21/h12-13,16H,7-11H2,1-6H3/t12-,13+,16?/m1/s1. The lowest BCUT2D eigenvalue weighted by Crippen LogP contribution is -2.29. The molecular weight excluding hydrogens is 258 g/mol. The van der Waals surface area contributed by atoms with Gasteiger partial charge in [-0.1, -0.05) is 32.9 Å². The number of nitrogens with zero attached hydrogens (tertiary/aromatic N) is 3. The maximum absolute atomic E-state index is 4.53. The lowest BCUT2D eigenvalue weighted by molar-refractivity contribution is 0.288. The summed E-state index contributed by atoms with van der Waals surface area (Å²) in [6, 6.07) is 0. The van der Waals surface area contributed by atoms with E-state index in [1.807, 2.05) is 0 Å². The van der Waals surface area contributed by atoms with Gasteiger partial charge < -0.3 is 0 Å². The Balaban J connectivity index is 1.82. The van der Waals surface area contributed by atoms with Gasteiger partial charge in [-0.25, -0.2) is 4.68 Å². The minimum atomic E-state index is 0.0894. The van der Waals surface area contributed by atoms with Gasteiger partial charge in [0.2, 0.25) is 0 Å². The minimum Gasteiger partial charge on any atom is -0.244 e. The Hall–Kier alpha value is -0.860. The maximum atomic E-state index is 4.53. The molecule has 0 amide bonds. The fourth-order valence-corrected chi connectivity index (χ4v) is 4.54. The zero-order chi connectivity index (χ0) is 15.4. The van der Waals surface area contributed by atoms with Crippen LogP contribution in [0, 0.1) is 23.2 Å². The number of fused-ring (bicyclic) bond motifs is 2. The third-order valence-corrected chi connectivity index (χ3v) is 6.04. The number of hydrogen-bond acceptors (Lipinski definition) is 2. The minimum absolute atomic E-state index is 0.0894. The van der Waals surface area contributed by atoms with Crippen molar-refractivity contribution in [2.24, 2.45) is 23.2 Å². The van der Waals surface area contributed by atoms with E-state index in [9.17, 15) is 0 Å². The molecule has 3 rings (SSSR count). The molecule has 21 heavy (non-hydrogen) atoms. The number of aromatic nitrogens is 3. The van der Waals surface area contributed by atoms with E-state index in [1.54, 1.807) is 0 Å². The molecule has 2 aliphatic rings. The van der Waals surface area contributed by atoms with Crippen LogP contribution in [0.3, 0.4) is 0 Å². The van der Waals surface area contributed by atoms with Crippen molar-refractivity contribution in [1.82, 2.24) is 15.0 Å². The zero-order valence-corrected chi connectivity index (χ0v) is 14.6. The Morgan fingerprint density at radius 1 is 1.05 bits per heavy atom. The van der Waals surface area contributed by atoms with Crippen LogP contribution in [-0.4, -0.2) is 15.0 Å². The number of hydrogen-bond donors (Lipinski definition) is 0. The van der Waals surface area contributed by atoms with Gasteiger partial charge in [-0.2, -0.15) is 0 Å². The van der Waals surface area contributed by atoms with Gasteiger partial charge in [0, 0.05) is 0 Å². The Morgan fingerprint density at radius 3 is 2.24 bits per heavy atom. The number of aryl methyl sites for hydroxylation is 1. The molecule has 0 aromatic carbocycles. The van der Waals surface area contributed by atoms with Crippen molar-refractivity contribution in [2.45, 2.75) is 79.2 Å². The summed E-state index contributed by atoms with van der Waals surface area (Å²) in [7, 11) is 0. The predicted molar refractivity (Wildman–Crippen MR) is 86.2 cm³/mol. The van der Waals surface area contributed by atoms with Crippen molar-refractivity contribution in [3.63, 3.8) is 0 Å². The van der Waals surface area contributed by atoms with Crippen molar-refractivity contribution in [3.8, 4) is 0 Å². The molecule has 118 valence electrons. The third-order valence-electron chi connectivity index (χ3n) is 6.04. The third kappa shape index (κ3) is 2.53. The summed E-state index contributed by atoms with van der Waals surface area (Å²) in [5.41, 5.74) is 3.24. The molecule has 0 radical (unpaired) electrons. The smallest absolute Gasteiger partial charge is 0.0859 e. The molecule has 0 aliphatic heterocycles. The van der Waals surface area contributed by atoms with E-state index < -0.39 is 0 Å². The van der Waals surface area contributed by atoms with Crippen LogP contribution in [0.25, 0.3) is 0 Å². The van der Waals surface area contributed by atoms with Crippen molar-refractivity contribution in [3.05, 3.63) is 11.4 Å². The van der Waals surface area contributed by atoms with Crippen LogP contribution in [-0.2, 0) is 18.4 Å². The van der Waals surface area contributed by atoms with Crippen molar-refractivity contribution in [1.29, 1.82) is 0 Å². The van der Waals surface area contributed by atoms with Crippen molar-refractivity contribution < 1.29 is 0 Å². The molecular formula is C18H31N3. The zero-order valence-electron chi connectivity index (χ0n) is 14.6. The first-order valence-electron chi connectivity index (χ1n) is 8.69. The van der Waals surface area contributed by atoms with Gasteiger partial charge in [0.1, 0.15) is 0 Å². The largest absolute Gasteiger partial charge is 0.244 e. The fraction of sp³-hybridized carbons (Fsp3) is 0.889. The van der Waals surface area contributed by atoms with Gasteiger partial charge in [0.05, 0.1) is 16.9 Å². The predicted octanol–water partition coefficient (Wildman–Crippen LogP) is 4.21. The lowest BCUT2D eigenvalue weighted by atomic mass is 9.87. The van der Waals surface area contributed by atoms with Gasteiger partial charge in [-0.05, 0) is 69.1 Å². The highest BCUT2D eigenvalue weighted by atomic mass is 15.5. The van der Waals surface area contributed by atoms with E-state index in [0.29, 0.717) is 5.41 Å². The van der Waals surface area contributed by atoms with Crippen LogP contribution in [0.2, 0.25) is 0 Å². The van der Waals surface area contributed by atoms with E-state index >= 15 is 0 Å².